The number of benzene rings is 1. The Bertz CT molecular complexity index is 738. The largest absolute Gasteiger partial charge is 0.335 e. The molecule has 0 radical (unpaired) electrons. The first-order chi connectivity index (χ1) is 11.1. The van der Waals surface area contributed by atoms with E-state index in [1.54, 1.807) is 15.2 Å². The third-order valence-electron chi connectivity index (χ3n) is 3.80. The first kappa shape index (κ1) is 16.1. The van der Waals surface area contributed by atoms with E-state index < -0.39 is 0 Å². The Morgan fingerprint density at radius 1 is 1.09 bits per heavy atom. The second kappa shape index (κ2) is 6.80. The molecule has 0 aliphatic carbocycles. The Balaban J connectivity index is 1.63. The van der Waals surface area contributed by atoms with Crippen molar-refractivity contribution in [3.05, 3.63) is 50.4 Å². The molecule has 0 atom stereocenters. The third-order valence-corrected chi connectivity index (χ3v) is 5.26. The van der Waals surface area contributed by atoms with Crippen LogP contribution >= 0.6 is 27.3 Å². The van der Waals surface area contributed by atoms with Gasteiger partial charge in [0.2, 0.25) is 0 Å². The molecule has 1 aliphatic rings. The number of halogens is 1. The highest BCUT2D eigenvalue weighted by Crippen LogP contribution is 2.19. The van der Waals surface area contributed by atoms with E-state index in [4.69, 9.17) is 0 Å². The van der Waals surface area contributed by atoms with E-state index >= 15 is 0 Å². The van der Waals surface area contributed by atoms with Crippen molar-refractivity contribution in [3.63, 3.8) is 0 Å². The van der Waals surface area contributed by atoms with Crippen LogP contribution in [0.15, 0.2) is 34.1 Å². The van der Waals surface area contributed by atoms with Gasteiger partial charge in [0, 0.05) is 36.0 Å². The van der Waals surface area contributed by atoms with Crippen molar-refractivity contribution in [1.82, 2.24) is 14.8 Å². The number of thiazole rings is 1. The summed E-state index contributed by atoms with van der Waals surface area (Å²) in [6.07, 6.45) is 0. The minimum atomic E-state index is -0.0534. The molecule has 2 heterocycles. The molecule has 120 valence electrons. The smallest absolute Gasteiger partial charge is 0.273 e. The molecule has 5 nitrogen and oxygen atoms in total. The summed E-state index contributed by atoms with van der Waals surface area (Å²) in [5.74, 6) is -0.0589. The van der Waals surface area contributed by atoms with Crippen molar-refractivity contribution >= 4 is 39.1 Å². The maximum absolute atomic E-state index is 12.6. The number of aromatic nitrogens is 1. The fourth-order valence-electron chi connectivity index (χ4n) is 2.54. The lowest BCUT2D eigenvalue weighted by molar-refractivity contribution is 0.0532. The number of rotatable bonds is 2. The summed E-state index contributed by atoms with van der Waals surface area (Å²) >= 11 is 4.89. The first-order valence-electron chi connectivity index (χ1n) is 7.31. The maximum atomic E-state index is 12.6. The van der Waals surface area contributed by atoms with Gasteiger partial charge in [-0.15, -0.1) is 11.3 Å². The summed E-state index contributed by atoms with van der Waals surface area (Å²) in [7, 11) is 0. The zero-order valence-corrected chi connectivity index (χ0v) is 15.1. The molecular formula is C16H16BrN3O2S. The topological polar surface area (TPSA) is 53.5 Å². The van der Waals surface area contributed by atoms with E-state index in [0.717, 1.165) is 9.48 Å². The van der Waals surface area contributed by atoms with Gasteiger partial charge < -0.3 is 9.80 Å². The van der Waals surface area contributed by atoms with Crippen LogP contribution in [0, 0.1) is 6.92 Å². The van der Waals surface area contributed by atoms with E-state index in [1.165, 1.54) is 11.3 Å². The summed E-state index contributed by atoms with van der Waals surface area (Å²) in [6.45, 7) is 4.02. The third kappa shape index (κ3) is 3.45. The van der Waals surface area contributed by atoms with Crippen LogP contribution in [0.4, 0.5) is 0 Å². The Morgan fingerprint density at radius 3 is 2.26 bits per heavy atom. The summed E-state index contributed by atoms with van der Waals surface area (Å²) in [4.78, 5) is 32.7. The SMILES string of the molecule is Cc1nc(C(=O)N2CCN(C(=O)c3ccccc3Br)CC2)cs1. The van der Waals surface area contributed by atoms with Crippen molar-refractivity contribution in [2.45, 2.75) is 6.92 Å². The van der Waals surface area contributed by atoms with Crippen molar-refractivity contribution < 1.29 is 9.59 Å². The number of hydrogen-bond acceptors (Lipinski definition) is 4. The van der Waals surface area contributed by atoms with Gasteiger partial charge in [0.05, 0.1) is 10.6 Å². The number of hydrogen-bond donors (Lipinski definition) is 0. The fourth-order valence-corrected chi connectivity index (χ4v) is 3.58. The van der Waals surface area contributed by atoms with Gasteiger partial charge in [-0.2, -0.15) is 0 Å². The molecule has 0 unspecified atom stereocenters. The molecule has 1 aromatic heterocycles. The van der Waals surface area contributed by atoms with Crippen molar-refractivity contribution in [2.75, 3.05) is 26.2 Å². The van der Waals surface area contributed by atoms with Gasteiger partial charge in [0.25, 0.3) is 11.8 Å². The molecule has 1 saturated heterocycles. The number of carbonyl (C=O) groups is 2. The van der Waals surface area contributed by atoms with Gasteiger partial charge >= 0.3 is 0 Å². The minimum absolute atomic E-state index is 0.00548. The summed E-state index contributed by atoms with van der Waals surface area (Å²) < 4.78 is 0.793. The van der Waals surface area contributed by atoms with Crippen LogP contribution < -0.4 is 0 Å². The first-order valence-corrected chi connectivity index (χ1v) is 8.99. The standard InChI is InChI=1S/C16H16BrN3O2S/c1-11-18-14(10-23-11)16(22)20-8-6-19(7-9-20)15(21)12-4-2-3-5-13(12)17/h2-5,10H,6-9H2,1H3. The number of amides is 2. The number of nitrogens with zero attached hydrogens (tertiary/aromatic N) is 3. The quantitative estimate of drug-likeness (QED) is 0.787. The zero-order valence-electron chi connectivity index (χ0n) is 12.7. The Hall–Kier alpha value is -1.73. The van der Waals surface area contributed by atoms with Gasteiger partial charge in [-0.3, -0.25) is 9.59 Å². The second-order valence-electron chi connectivity index (χ2n) is 5.32. The molecular weight excluding hydrogens is 378 g/mol. The monoisotopic (exact) mass is 393 g/mol. The van der Waals surface area contributed by atoms with E-state index in [2.05, 4.69) is 20.9 Å². The van der Waals surface area contributed by atoms with Gasteiger partial charge in [0.1, 0.15) is 5.69 Å². The highest BCUT2D eigenvalue weighted by molar-refractivity contribution is 9.10. The average molecular weight is 394 g/mol. The fraction of sp³-hybridized carbons (Fsp3) is 0.312. The van der Waals surface area contributed by atoms with Gasteiger partial charge in [-0.1, -0.05) is 12.1 Å². The lowest BCUT2D eigenvalue weighted by atomic mass is 10.2. The van der Waals surface area contributed by atoms with E-state index in [9.17, 15) is 9.59 Å². The predicted molar refractivity (Wildman–Crippen MR) is 92.8 cm³/mol. The summed E-state index contributed by atoms with van der Waals surface area (Å²) in [5.41, 5.74) is 1.15. The predicted octanol–water partition coefficient (Wildman–Crippen LogP) is 2.81. The highest BCUT2D eigenvalue weighted by atomic mass is 79.9. The average Bonchev–Trinajstić information content (AvgIpc) is 3.01. The van der Waals surface area contributed by atoms with Crippen molar-refractivity contribution in [2.24, 2.45) is 0 Å². The van der Waals surface area contributed by atoms with Gasteiger partial charge in [-0.25, -0.2) is 4.98 Å². The van der Waals surface area contributed by atoms with E-state index in [-0.39, 0.29) is 11.8 Å². The van der Waals surface area contributed by atoms with Crippen LogP contribution in [0.5, 0.6) is 0 Å². The molecule has 2 aromatic rings. The number of carbonyl (C=O) groups excluding carboxylic acids is 2. The van der Waals surface area contributed by atoms with Crippen LogP contribution in [0.2, 0.25) is 0 Å². The van der Waals surface area contributed by atoms with Crippen LogP contribution in [0.1, 0.15) is 25.9 Å². The Labute approximate surface area is 147 Å². The van der Waals surface area contributed by atoms with E-state index in [1.807, 2.05) is 31.2 Å². The molecule has 1 aromatic carbocycles. The molecule has 0 N–H and O–H groups in total. The van der Waals surface area contributed by atoms with Gasteiger partial charge in [-0.05, 0) is 35.0 Å². The molecule has 23 heavy (non-hydrogen) atoms. The normalized spacial score (nSPS) is 14.9. The highest BCUT2D eigenvalue weighted by Gasteiger charge is 2.27. The Morgan fingerprint density at radius 2 is 1.70 bits per heavy atom. The van der Waals surface area contributed by atoms with Crippen molar-refractivity contribution in [3.8, 4) is 0 Å². The van der Waals surface area contributed by atoms with Crippen LogP contribution in [0.25, 0.3) is 0 Å². The zero-order chi connectivity index (χ0) is 16.4. The second-order valence-corrected chi connectivity index (χ2v) is 7.23. The van der Waals surface area contributed by atoms with Crippen LogP contribution in [0.3, 0.4) is 0 Å². The van der Waals surface area contributed by atoms with Gasteiger partial charge in [0.15, 0.2) is 0 Å². The molecule has 0 saturated carbocycles. The minimum Gasteiger partial charge on any atom is -0.335 e. The lowest BCUT2D eigenvalue weighted by Crippen LogP contribution is -2.50. The molecule has 7 heteroatoms. The molecule has 1 aliphatic heterocycles. The molecule has 2 amide bonds. The maximum Gasteiger partial charge on any atom is 0.273 e. The summed E-state index contributed by atoms with van der Waals surface area (Å²) in [6, 6.07) is 7.40. The lowest BCUT2D eigenvalue weighted by Gasteiger charge is -2.34. The molecule has 0 spiro atoms. The molecule has 3 rings (SSSR count). The van der Waals surface area contributed by atoms with Crippen LogP contribution in [-0.2, 0) is 0 Å². The molecule has 1 fully saturated rings. The van der Waals surface area contributed by atoms with Crippen LogP contribution in [-0.4, -0.2) is 52.8 Å². The Kier molecular flexibility index (Phi) is 4.77. The summed E-state index contributed by atoms with van der Waals surface area (Å²) in [5, 5.41) is 2.67. The molecule has 0 bridgehead atoms. The van der Waals surface area contributed by atoms with Crippen molar-refractivity contribution in [1.29, 1.82) is 0 Å². The van der Waals surface area contributed by atoms with E-state index in [0.29, 0.717) is 37.4 Å². The number of piperazine rings is 1. The number of aryl methyl sites for hydroxylation is 1.